The fourth-order valence-electron chi connectivity index (χ4n) is 13.7. The second-order valence-corrected chi connectivity index (χ2v) is 27.3. The molecule has 0 N–H and O–H groups in total. The summed E-state index contributed by atoms with van der Waals surface area (Å²) in [6.45, 7) is 8.85. The molecule has 414 valence electrons. The molecule has 0 aliphatic carbocycles. The van der Waals surface area contributed by atoms with E-state index in [9.17, 15) is 0 Å². The first-order chi connectivity index (χ1) is 42.4. The molecule has 0 nitrogen and oxygen atoms in total. The van der Waals surface area contributed by atoms with Crippen LogP contribution in [0.1, 0.15) is 37.8 Å². The average molecular weight is 1240 g/mol. The van der Waals surface area contributed by atoms with Gasteiger partial charge in [0.15, 0.2) is 0 Å². The normalized spacial score (nSPS) is 11.3. The van der Waals surface area contributed by atoms with E-state index in [1.807, 2.05) is 0 Å². The maximum absolute atomic E-state index is 4.93. The van der Waals surface area contributed by atoms with E-state index in [4.69, 9.17) is 17.0 Å². The first kappa shape index (κ1) is 57.2. The first-order valence-electron chi connectivity index (χ1n) is 30.1. The Labute approximate surface area is 525 Å². The predicted molar refractivity (Wildman–Crippen MR) is 378 cm³/mol. The van der Waals surface area contributed by atoms with Crippen LogP contribution in [0.4, 0.5) is 0 Å². The summed E-state index contributed by atoms with van der Waals surface area (Å²) in [5, 5.41) is 26.1. The summed E-state index contributed by atoms with van der Waals surface area (Å²) >= 11 is -0.826. The van der Waals surface area contributed by atoms with Gasteiger partial charge in [-0.25, -0.2) is 0 Å². The van der Waals surface area contributed by atoms with Gasteiger partial charge in [-0.3, -0.25) is 0 Å². The molecule has 2 radical (unpaired) electrons. The van der Waals surface area contributed by atoms with Crippen molar-refractivity contribution in [2.75, 3.05) is 0 Å². The number of hydrogen-bond acceptors (Lipinski definition) is 0. The van der Waals surface area contributed by atoms with Crippen LogP contribution in [0.15, 0.2) is 267 Å². The van der Waals surface area contributed by atoms with E-state index in [2.05, 4.69) is 294 Å². The summed E-state index contributed by atoms with van der Waals surface area (Å²) < 4.78 is 0. The summed E-state index contributed by atoms with van der Waals surface area (Å²) in [6, 6.07) is 99.4. The minimum absolute atomic E-state index is 0.826. The first-order valence-corrected chi connectivity index (χ1v) is 38.4. The van der Waals surface area contributed by atoms with Gasteiger partial charge in [-0.2, -0.15) is 12.1 Å². The summed E-state index contributed by atoms with van der Waals surface area (Å²) in [4.78, 5) is 0. The van der Waals surface area contributed by atoms with Crippen LogP contribution in [0.25, 0.3) is 152 Å². The van der Waals surface area contributed by atoms with Gasteiger partial charge in [0.1, 0.15) is 0 Å². The molecular weight excluding hydrogens is 1180 g/mol. The number of rotatable bonds is 8. The molecule has 86 heavy (non-hydrogen) atoms. The van der Waals surface area contributed by atoms with Gasteiger partial charge < -0.3 is 0 Å². The van der Waals surface area contributed by atoms with Crippen molar-refractivity contribution in [1.29, 1.82) is 0 Å². The molecule has 0 heterocycles. The molecular formula is C82H64Cl2SiZr. The van der Waals surface area contributed by atoms with Crippen molar-refractivity contribution in [3.8, 4) is 44.5 Å². The second kappa shape index (κ2) is 25.6. The molecule has 0 bridgehead atoms. The fraction of sp³-hybridized carbons (Fsp3) is 0.0976. The SMILES string of the molecule is CCCc1cc2c(-c3c4ccccc4cc4ccccc34)ccc(-c3c4ccccc4cc4ccccc34)c2[cH-]1.CCCc1cc2c(-c3c4ccccc4cc4ccccc34)ccc(-c3c4ccccc4cc4ccccc34)c2[cH-]1.C[Si]C.[Cl][Zr+2][Cl]. The van der Waals surface area contributed by atoms with Crippen LogP contribution in [-0.2, 0) is 33.7 Å². The topological polar surface area (TPSA) is 0 Å². The molecule has 0 atom stereocenters. The van der Waals surface area contributed by atoms with E-state index in [0.717, 1.165) is 35.2 Å². The molecule has 0 aliphatic rings. The second-order valence-electron chi connectivity index (χ2n) is 22.6. The Hall–Kier alpha value is -7.94. The van der Waals surface area contributed by atoms with Crippen molar-refractivity contribution < 1.29 is 20.8 Å². The van der Waals surface area contributed by atoms with E-state index in [-0.39, 0.29) is 0 Å². The van der Waals surface area contributed by atoms with E-state index in [1.165, 1.54) is 163 Å². The van der Waals surface area contributed by atoms with Crippen molar-refractivity contribution in [2.45, 2.75) is 52.6 Å². The third kappa shape index (κ3) is 10.7. The average Bonchev–Trinajstić information content (AvgIpc) is 1.58. The van der Waals surface area contributed by atoms with Crippen molar-refractivity contribution in [3.05, 3.63) is 278 Å². The molecule has 0 spiro atoms. The summed E-state index contributed by atoms with van der Waals surface area (Å²) in [6.07, 6.45) is 4.44. The van der Waals surface area contributed by atoms with Crippen LogP contribution in [0.2, 0.25) is 13.1 Å². The number of aryl methyl sites for hydroxylation is 2. The van der Waals surface area contributed by atoms with Crippen LogP contribution >= 0.6 is 17.0 Å². The Balaban J connectivity index is 0.000000146. The van der Waals surface area contributed by atoms with Crippen LogP contribution in [0.3, 0.4) is 0 Å². The molecule has 0 fully saturated rings. The van der Waals surface area contributed by atoms with Crippen LogP contribution in [-0.4, -0.2) is 9.52 Å². The summed E-state index contributed by atoms with van der Waals surface area (Å²) in [5.41, 5.74) is 13.4. The van der Waals surface area contributed by atoms with E-state index < -0.39 is 20.8 Å². The monoisotopic (exact) mass is 1240 g/mol. The molecule has 4 heteroatoms. The van der Waals surface area contributed by atoms with Gasteiger partial charge in [0.05, 0.1) is 0 Å². The molecule has 0 saturated heterocycles. The molecule has 0 aromatic heterocycles. The van der Waals surface area contributed by atoms with Crippen molar-refractivity contribution in [1.82, 2.24) is 0 Å². The molecule has 16 rings (SSSR count). The molecule has 0 aliphatic heterocycles. The molecule has 0 unspecified atom stereocenters. The van der Waals surface area contributed by atoms with E-state index in [1.54, 1.807) is 0 Å². The zero-order valence-corrected chi connectivity index (χ0v) is 54.0. The van der Waals surface area contributed by atoms with Crippen LogP contribution < -0.4 is 0 Å². The number of halogens is 2. The fourth-order valence-corrected chi connectivity index (χ4v) is 13.7. The van der Waals surface area contributed by atoms with E-state index in [0.29, 0.717) is 0 Å². The van der Waals surface area contributed by atoms with Crippen molar-refractivity contribution in [3.63, 3.8) is 0 Å². The molecule has 0 amide bonds. The van der Waals surface area contributed by atoms with Gasteiger partial charge in [0.2, 0.25) is 0 Å². The van der Waals surface area contributed by atoms with Gasteiger partial charge >= 0.3 is 37.9 Å². The summed E-state index contributed by atoms with van der Waals surface area (Å²) in [5.74, 6) is 0. The Morgan fingerprint density at radius 3 is 0.709 bits per heavy atom. The van der Waals surface area contributed by atoms with Gasteiger partial charge in [0.25, 0.3) is 0 Å². The Morgan fingerprint density at radius 1 is 0.291 bits per heavy atom. The van der Waals surface area contributed by atoms with Gasteiger partial charge in [-0.05, 0) is 146 Å². The third-order valence-electron chi connectivity index (χ3n) is 17.1. The molecule has 0 saturated carbocycles. The van der Waals surface area contributed by atoms with E-state index >= 15 is 0 Å². The minimum atomic E-state index is -0.826. The standard InChI is InChI=1S/2C40H29.C2H6Si.2ClH.Zr/c2*1-2-11-26-22-37-35(39-31-16-7-3-12-27(31)24-28-13-4-8-17-32(28)39)20-21-36(38(37)23-26)40-33-18-9-5-14-29(33)25-30-15-6-10-19-34(30)40;1-3-2;;;/h2*3-10,12-25H,2,11H2,1H3;1-2H3;2*1H;/q2*-1;;;;+4/p-2. The number of hydrogen-bond donors (Lipinski definition) is 0. The molecule has 16 aromatic rings. The summed E-state index contributed by atoms with van der Waals surface area (Å²) in [7, 11) is 11.0. The van der Waals surface area contributed by atoms with Gasteiger partial charge in [-0.1, -0.05) is 280 Å². The number of fused-ring (bicyclic) bond motifs is 10. The Bertz CT molecular complexity index is 4310. The van der Waals surface area contributed by atoms with Crippen molar-refractivity contribution >= 4 is 134 Å². The van der Waals surface area contributed by atoms with Gasteiger partial charge in [0, 0.05) is 9.52 Å². The van der Waals surface area contributed by atoms with Crippen LogP contribution in [0.5, 0.6) is 0 Å². The van der Waals surface area contributed by atoms with Gasteiger partial charge in [-0.15, -0.1) is 44.8 Å². The van der Waals surface area contributed by atoms with Crippen molar-refractivity contribution in [2.24, 2.45) is 0 Å². The number of benzene rings is 14. The predicted octanol–water partition coefficient (Wildman–Crippen LogP) is 25.1. The zero-order valence-electron chi connectivity index (χ0n) is 49.0. The quantitative estimate of drug-likeness (QED) is 0.0808. The zero-order chi connectivity index (χ0) is 58.7. The maximum atomic E-state index is 4.93. The third-order valence-corrected chi connectivity index (χ3v) is 17.1. The van der Waals surface area contributed by atoms with Crippen LogP contribution in [0, 0.1) is 0 Å². The Morgan fingerprint density at radius 2 is 0.488 bits per heavy atom. The Kier molecular flexibility index (Phi) is 17.0. The molecule has 16 aromatic carbocycles.